The molecule has 3 atom stereocenters. The predicted octanol–water partition coefficient (Wildman–Crippen LogP) is 3.56. The molecule has 5 rings (SSSR count). The number of rotatable bonds is 4. The Bertz CT molecular complexity index is 707. The van der Waals surface area contributed by atoms with Crippen LogP contribution in [0, 0.1) is 11.3 Å². The number of benzene rings is 1. The van der Waals surface area contributed by atoms with Crippen LogP contribution in [0.3, 0.4) is 0 Å². The minimum atomic E-state index is 0.369. The third kappa shape index (κ3) is 3.52. The zero-order valence-electron chi connectivity index (χ0n) is 17.8. The van der Waals surface area contributed by atoms with Gasteiger partial charge in [-0.15, -0.1) is 0 Å². The first-order chi connectivity index (χ1) is 14.3. The number of hydrogen-bond acceptors (Lipinski definition) is 3. The van der Waals surface area contributed by atoms with Crippen molar-refractivity contribution in [1.29, 1.82) is 0 Å². The molecule has 0 bridgehead atoms. The van der Waals surface area contributed by atoms with Crippen molar-refractivity contribution in [2.24, 2.45) is 16.3 Å². The average Bonchev–Trinajstić information content (AvgIpc) is 3.42. The molecule has 4 aliphatic rings. The summed E-state index contributed by atoms with van der Waals surface area (Å²) in [6.45, 7) is 6.11. The Labute approximate surface area is 175 Å². The van der Waals surface area contributed by atoms with Crippen LogP contribution in [-0.2, 0) is 4.74 Å². The number of guanidine groups is 1. The molecule has 2 N–H and O–H groups in total. The Kier molecular flexibility index (Phi) is 5.42. The molecule has 158 valence electrons. The van der Waals surface area contributed by atoms with Gasteiger partial charge in [0.05, 0.1) is 6.10 Å². The molecule has 4 fully saturated rings. The van der Waals surface area contributed by atoms with Gasteiger partial charge in [-0.1, -0.05) is 31.0 Å². The van der Waals surface area contributed by atoms with E-state index < -0.39 is 0 Å². The van der Waals surface area contributed by atoms with Crippen molar-refractivity contribution >= 4 is 11.6 Å². The van der Waals surface area contributed by atoms with Crippen molar-refractivity contribution in [3.63, 3.8) is 0 Å². The van der Waals surface area contributed by atoms with Crippen LogP contribution in [0.2, 0.25) is 0 Å². The van der Waals surface area contributed by atoms with Gasteiger partial charge in [0.1, 0.15) is 0 Å². The van der Waals surface area contributed by atoms with Gasteiger partial charge in [0.25, 0.3) is 0 Å². The summed E-state index contributed by atoms with van der Waals surface area (Å²) in [6.07, 6.45) is 9.38. The first kappa shape index (κ1) is 19.2. The van der Waals surface area contributed by atoms with E-state index >= 15 is 0 Å². The fraction of sp³-hybridized carbons (Fsp3) is 0.708. The maximum atomic E-state index is 6.16. The Hall–Kier alpha value is -1.75. The maximum Gasteiger partial charge on any atom is 0.191 e. The third-order valence-corrected chi connectivity index (χ3v) is 7.85. The molecule has 1 spiro atoms. The second-order valence-corrected chi connectivity index (χ2v) is 9.37. The monoisotopic (exact) mass is 396 g/mol. The van der Waals surface area contributed by atoms with Crippen LogP contribution in [0.25, 0.3) is 0 Å². The van der Waals surface area contributed by atoms with E-state index in [1.165, 1.54) is 37.8 Å². The van der Waals surface area contributed by atoms with Gasteiger partial charge in [-0.25, -0.2) is 0 Å². The smallest absolute Gasteiger partial charge is 0.191 e. The summed E-state index contributed by atoms with van der Waals surface area (Å²) in [4.78, 5) is 7.33. The lowest BCUT2D eigenvalue weighted by Gasteiger charge is -2.57. The van der Waals surface area contributed by atoms with Gasteiger partial charge in [0.2, 0.25) is 0 Å². The van der Waals surface area contributed by atoms with E-state index in [9.17, 15) is 0 Å². The van der Waals surface area contributed by atoms with Gasteiger partial charge in [0, 0.05) is 55.3 Å². The fourth-order valence-electron chi connectivity index (χ4n) is 6.46. The highest BCUT2D eigenvalue weighted by Gasteiger charge is 2.65. The number of fused-ring (bicyclic) bond motifs is 2. The Balaban J connectivity index is 1.20. The minimum absolute atomic E-state index is 0.369. The molecule has 2 aliphatic carbocycles. The highest BCUT2D eigenvalue weighted by Crippen LogP contribution is 2.60. The first-order valence-corrected chi connectivity index (χ1v) is 11.8. The number of nitrogens with one attached hydrogen (secondary N) is 2. The van der Waals surface area contributed by atoms with Crippen LogP contribution >= 0.6 is 0 Å². The molecule has 1 aromatic rings. The number of aliphatic imine (C=N–C) groups is 1. The Morgan fingerprint density at radius 3 is 2.59 bits per heavy atom. The molecule has 5 nitrogen and oxygen atoms in total. The van der Waals surface area contributed by atoms with Gasteiger partial charge in [-0.2, -0.15) is 0 Å². The molecule has 2 heterocycles. The minimum Gasteiger partial charge on any atom is -0.377 e. The molecule has 0 aromatic heterocycles. The van der Waals surface area contributed by atoms with E-state index in [4.69, 9.17) is 9.73 Å². The zero-order valence-corrected chi connectivity index (χ0v) is 17.8. The van der Waals surface area contributed by atoms with Crippen LogP contribution < -0.4 is 15.5 Å². The summed E-state index contributed by atoms with van der Waals surface area (Å²) in [7, 11) is 0. The molecule has 2 saturated carbocycles. The van der Waals surface area contributed by atoms with Gasteiger partial charge in [-0.3, -0.25) is 4.99 Å². The van der Waals surface area contributed by atoms with Gasteiger partial charge < -0.3 is 20.3 Å². The average molecular weight is 397 g/mol. The lowest BCUT2D eigenvalue weighted by molar-refractivity contribution is -0.125. The first-order valence-electron chi connectivity index (χ1n) is 11.8. The summed E-state index contributed by atoms with van der Waals surface area (Å²) in [6, 6.07) is 11.8. The Morgan fingerprint density at radius 1 is 1.10 bits per heavy atom. The highest BCUT2D eigenvalue weighted by atomic mass is 16.5. The molecule has 0 amide bonds. The molecule has 1 aromatic carbocycles. The van der Waals surface area contributed by atoms with Crippen molar-refractivity contribution in [2.45, 2.75) is 70.1 Å². The van der Waals surface area contributed by atoms with Crippen molar-refractivity contribution < 1.29 is 4.74 Å². The van der Waals surface area contributed by atoms with E-state index in [1.807, 2.05) is 0 Å². The third-order valence-electron chi connectivity index (χ3n) is 7.85. The Morgan fingerprint density at radius 2 is 1.86 bits per heavy atom. The molecule has 29 heavy (non-hydrogen) atoms. The van der Waals surface area contributed by atoms with Crippen molar-refractivity contribution in [2.75, 3.05) is 31.1 Å². The second-order valence-electron chi connectivity index (χ2n) is 9.37. The SMILES string of the molecule is CCN=C(NC1CCN(c2ccccc2)CC1)NC1C2CCOC2C12CCCC2. The van der Waals surface area contributed by atoms with Gasteiger partial charge in [-0.05, 0) is 51.2 Å². The van der Waals surface area contributed by atoms with Crippen LogP contribution in [-0.4, -0.2) is 50.4 Å². The number of nitrogens with zero attached hydrogens (tertiary/aromatic N) is 2. The summed E-state index contributed by atoms with van der Waals surface area (Å²) in [5, 5.41) is 7.68. The van der Waals surface area contributed by atoms with Crippen molar-refractivity contribution in [1.82, 2.24) is 10.6 Å². The lowest BCUT2D eigenvalue weighted by Crippen LogP contribution is -2.69. The normalized spacial score (nSPS) is 31.6. The van der Waals surface area contributed by atoms with Crippen LogP contribution in [0.15, 0.2) is 35.3 Å². The molecule has 2 saturated heterocycles. The largest absolute Gasteiger partial charge is 0.377 e. The summed E-state index contributed by atoms with van der Waals surface area (Å²) in [5.41, 5.74) is 1.71. The number of hydrogen-bond donors (Lipinski definition) is 2. The molecule has 0 radical (unpaired) electrons. The maximum absolute atomic E-state index is 6.16. The standard InChI is InChI=1S/C24H36N4O/c1-2-25-23(26-18-10-15-28(16-11-18)19-8-4-3-5-9-19)27-21-20-12-17-29-22(20)24(21)13-6-7-14-24/h3-5,8-9,18,20-22H,2,6-7,10-17H2,1H3,(H2,25,26,27). The van der Waals surface area contributed by atoms with Crippen molar-refractivity contribution in [3.05, 3.63) is 30.3 Å². The van der Waals surface area contributed by atoms with Crippen LogP contribution in [0.4, 0.5) is 5.69 Å². The van der Waals surface area contributed by atoms with E-state index in [-0.39, 0.29) is 0 Å². The summed E-state index contributed by atoms with van der Waals surface area (Å²) < 4.78 is 6.16. The highest BCUT2D eigenvalue weighted by molar-refractivity contribution is 5.81. The molecular weight excluding hydrogens is 360 g/mol. The summed E-state index contributed by atoms with van der Waals surface area (Å²) >= 11 is 0. The van der Waals surface area contributed by atoms with E-state index in [1.54, 1.807) is 0 Å². The van der Waals surface area contributed by atoms with Crippen LogP contribution in [0.5, 0.6) is 0 Å². The number of anilines is 1. The van der Waals surface area contributed by atoms with E-state index in [0.717, 1.165) is 45.0 Å². The lowest BCUT2D eigenvalue weighted by atomic mass is 9.54. The molecule has 5 heteroatoms. The molecule has 3 unspecified atom stereocenters. The second kappa shape index (κ2) is 8.17. The quantitative estimate of drug-likeness (QED) is 0.604. The van der Waals surface area contributed by atoms with E-state index in [2.05, 4.69) is 52.8 Å². The van der Waals surface area contributed by atoms with Crippen molar-refractivity contribution in [3.8, 4) is 0 Å². The fourth-order valence-corrected chi connectivity index (χ4v) is 6.46. The van der Waals surface area contributed by atoms with Gasteiger partial charge >= 0.3 is 0 Å². The number of ether oxygens (including phenoxy) is 1. The summed E-state index contributed by atoms with van der Waals surface area (Å²) in [5.74, 6) is 1.71. The zero-order chi connectivity index (χ0) is 19.7. The number of piperidine rings is 1. The topological polar surface area (TPSA) is 48.9 Å². The predicted molar refractivity (Wildman–Crippen MR) is 118 cm³/mol. The van der Waals surface area contributed by atoms with E-state index in [0.29, 0.717) is 29.5 Å². The number of para-hydroxylation sites is 1. The van der Waals surface area contributed by atoms with Gasteiger partial charge in [0.15, 0.2) is 5.96 Å². The van der Waals surface area contributed by atoms with Crippen LogP contribution in [0.1, 0.15) is 51.9 Å². The molecule has 2 aliphatic heterocycles. The molecular formula is C24H36N4O.